The van der Waals surface area contributed by atoms with E-state index < -0.39 is 0 Å². The number of carbonyl (C=O) groups excluding carboxylic acids is 1. The summed E-state index contributed by atoms with van der Waals surface area (Å²) < 4.78 is 5.11. The van der Waals surface area contributed by atoms with Gasteiger partial charge in [0.2, 0.25) is 0 Å². The van der Waals surface area contributed by atoms with Crippen LogP contribution in [0.25, 0.3) is 0 Å². The van der Waals surface area contributed by atoms with Crippen LogP contribution >= 0.6 is 0 Å². The van der Waals surface area contributed by atoms with Gasteiger partial charge >= 0.3 is 0 Å². The second-order valence-corrected chi connectivity index (χ2v) is 4.96. The summed E-state index contributed by atoms with van der Waals surface area (Å²) in [5.74, 6) is 0.506. The monoisotopic (exact) mass is 284 g/mol. The fraction of sp³-hybridized carbons (Fsp3) is 0.235. The first-order valence-electron chi connectivity index (χ1n) is 6.80. The summed E-state index contributed by atoms with van der Waals surface area (Å²) in [5.41, 5.74) is 7.97. The average Bonchev–Trinajstić information content (AvgIpc) is 2.53. The molecule has 2 aromatic rings. The molecule has 0 aliphatic carbocycles. The molecule has 21 heavy (non-hydrogen) atoms. The molecule has 0 radical (unpaired) electrons. The van der Waals surface area contributed by atoms with Crippen LogP contribution in [0.15, 0.2) is 48.5 Å². The summed E-state index contributed by atoms with van der Waals surface area (Å²) in [4.78, 5) is 14.2. The van der Waals surface area contributed by atoms with Crippen molar-refractivity contribution in [1.82, 2.24) is 4.90 Å². The van der Waals surface area contributed by atoms with Gasteiger partial charge in [0.05, 0.1) is 18.8 Å². The highest BCUT2D eigenvalue weighted by Gasteiger charge is 2.19. The van der Waals surface area contributed by atoms with Crippen LogP contribution in [0.2, 0.25) is 0 Å². The number of nitrogens with two attached hydrogens (primary N) is 1. The molecule has 0 bridgehead atoms. The van der Waals surface area contributed by atoms with Crippen LogP contribution in [0.3, 0.4) is 0 Å². The highest BCUT2D eigenvalue weighted by atomic mass is 16.5. The number of benzene rings is 2. The Balaban J connectivity index is 2.21. The Bertz CT molecular complexity index is 626. The van der Waals surface area contributed by atoms with Crippen LogP contribution in [0.5, 0.6) is 5.75 Å². The zero-order chi connectivity index (χ0) is 15.4. The molecule has 2 rings (SSSR count). The number of nitrogen functional groups attached to an aromatic ring is 1. The third-order valence-electron chi connectivity index (χ3n) is 3.66. The molecular formula is C17H20N2O2. The van der Waals surface area contributed by atoms with Gasteiger partial charge < -0.3 is 15.4 Å². The second-order valence-electron chi connectivity index (χ2n) is 4.96. The number of carbonyl (C=O) groups is 1. The van der Waals surface area contributed by atoms with Crippen molar-refractivity contribution in [3.63, 3.8) is 0 Å². The summed E-state index contributed by atoms with van der Waals surface area (Å²) in [6.45, 7) is 2.00. The van der Waals surface area contributed by atoms with E-state index in [1.54, 1.807) is 37.3 Å². The summed E-state index contributed by atoms with van der Waals surface area (Å²) in [7, 11) is 3.34. The van der Waals surface area contributed by atoms with E-state index >= 15 is 0 Å². The van der Waals surface area contributed by atoms with Gasteiger partial charge in [-0.1, -0.05) is 30.3 Å². The van der Waals surface area contributed by atoms with Crippen LogP contribution in [0.1, 0.15) is 28.9 Å². The number of amides is 1. The summed E-state index contributed by atoms with van der Waals surface area (Å²) in [5, 5.41) is 0. The van der Waals surface area contributed by atoms with Crippen LogP contribution in [-0.2, 0) is 0 Å². The van der Waals surface area contributed by atoms with Gasteiger partial charge in [-0.05, 0) is 30.7 Å². The minimum absolute atomic E-state index is 0.0120. The van der Waals surface area contributed by atoms with Crippen molar-refractivity contribution < 1.29 is 9.53 Å². The van der Waals surface area contributed by atoms with E-state index in [1.807, 2.05) is 37.3 Å². The highest BCUT2D eigenvalue weighted by Crippen LogP contribution is 2.25. The summed E-state index contributed by atoms with van der Waals surface area (Å²) >= 11 is 0. The lowest BCUT2D eigenvalue weighted by Gasteiger charge is -2.25. The fourth-order valence-electron chi connectivity index (χ4n) is 2.20. The van der Waals surface area contributed by atoms with Crippen LogP contribution in [0.4, 0.5) is 5.69 Å². The predicted octanol–water partition coefficient (Wildman–Crippen LogP) is 3.11. The average molecular weight is 284 g/mol. The number of anilines is 1. The zero-order valence-electron chi connectivity index (χ0n) is 12.5. The fourth-order valence-corrected chi connectivity index (χ4v) is 2.20. The van der Waals surface area contributed by atoms with E-state index in [9.17, 15) is 4.79 Å². The Morgan fingerprint density at radius 2 is 1.86 bits per heavy atom. The van der Waals surface area contributed by atoms with Crippen LogP contribution in [0, 0.1) is 0 Å². The van der Waals surface area contributed by atoms with Gasteiger partial charge in [0.25, 0.3) is 5.91 Å². The van der Waals surface area contributed by atoms with Gasteiger partial charge in [0.15, 0.2) is 0 Å². The first-order valence-corrected chi connectivity index (χ1v) is 6.80. The number of rotatable bonds is 4. The SMILES string of the molecule is COc1ccc(C(=O)N(C)C(C)c2ccccc2)cc1N. The third kappa shape index (κ3) is 3.16. The molecule has 0 fully saturated rings. The molecule has 4 nitrogen and oxygen atoms in total. The minimum Gasteiger partial charge on any atom is -0.495 e. The molecule has 0 aromatic heterocycles. The second kappa shape index (κ2) is 6.31. The largest absolute Gasteiger partial charge is 0.495 e. The van der Waals surface area contributed by atoms with E-state index in [0.717, 1.165) is 5.56 Å². The first-order chi connectivity index (χ1) is 10.0. The normalized spacial score (nSPS) is 11.8. The molecule has 1 amide bonds. The molecule has 4 heteroatoms. The number of hydrogen-bond donors (Lipinski definition) is 1. The molecule has 110 valence electrons. The topological polar surface area (TPSA) is 55.6 Å². The van der Waals surface area contributed by atoms with E-state index in [4.69, 9.17) is 10.5 Å². The molecule has 1 unspecified atom stereocenters. The Morgan fingerprint density at radius 1 is 1.19 bits per heavy atom. The Morgan fingerprint density at radius 3 is 2.43 bits per heavy atom. The zero-order valence-corrected chi connectivity index (χ0v) is 12.5. The number of methoxy groups -OCH3 is 1. The van der Waals surface area contributed by atoms with Crippen LogP contribution < -0.4 is 10.5 Å². The number of nitrogens with zero attached hydrogens (tertiary/aromatic N) is 1. The first kappa shape index (κ1) is 14.9. The van der Waals surface area contributed by atoms with Crippen molar-refractivity contribution in [2.75, 3.05) is 19.9 Å². The van der Waals surface area contributed by atoms with Gasteiger partial charge in [-0.3, -0.25) is 4.79 Å². The van der Waals surface area contributed by atoms with Crippen molar-refractivity contribution >= 4 is 11.6 Å². The maximum atomic E-state index is 12.5. The summed E-state index contributed by atoms with van der Waals surface area (Å²) in [6, 6.07) is 15.0. The van der Waals surface area contributed by atoms with Crippen molar-refractivity contribution in [3.8, 4) is 5.75 Å². The predicted molar refractivity (Wildman–Crippen MR) is 84.4 cm³/mol. The Kier molecular flexibility index (Phi) is 4.48. The molecular weight excluding hydrogens is 264 g/mol. The smallest absolute Gasteiger partial charge is 0.254 e. The third-order valence-corrected chi connectivity index (χ3v) is 3.66. The maximum Gasteiger partial charge on any atom is 0.254 e. The van der Waals surface area contributed by atoms with E-state index in [0.29, 0.717) is 17.0 Å². The van der Waals surface area contributed by atoms with E-state index in [1.165, 1.54) is 0 Å². The van der Waals surface area contributed by atoms with E-state index in [-0.39, 0.29) is 11.9 Å². The van der Waals surface area contributed by atoms with Gasteiger partial charge in [-0.25, -0.2) is 0 Å². The lowest BCUT2D eigenvalue weighted by Crippen LogP contribution is -2.29. The molecule has 1 atom stereocenters. The summed E-state index contributed by atoms with van der Waals surface area (Å²) in [6.07, 6.45) is 0. The van der Waals surface area contributed by atoms with Crippen molar-refractivity contribution in [2.45, 2.75) is 13.0 Å². The van der Waals surface area contributed by atoms with Gasteiger partial charge in [-0.15, -0.1) is 0 Å². The highest BCUT2D eigenvalue weighted by molar-refractivity contribution is 5.95. The van der Waals surface area contributed by atoms with Crippen LogP contribution in [-0.4, -0.2) is 25.0 Å². The molecule has 0 heterocycles. The molecule has 0 saturated carbocycles. The van der Waals surface area contributed by atoms with Gasteiger partial charge in [0.1, 0.15) is 5.75 Å². The molecule has 2 aromatic carbocycles. The lowest BCUT2D eigenvalue weighted by molar-refractivity contribution is 0.0742. The van der Waals surface area contributed by atoms with Gasteiger partial charge in [0, 0.05) is 12.6 Å². The molecule has 0 saturated heterocycles. The number of hydrogen-bond acceptors (Lipinski definition) is 3. The Hall–Kier alpha value is -2.49. The molecule has 0 aliphatic heterocycles. The number of ether oxygens (including phenoxy) is 1. The van der Waals surface area contributed by atoms with Crippen molar-refractivity contribution in [2.24, 2.45) is 0 Å². The Labute approximate surface area is 125 Å². The molecule has 0 spiro atoms. The van der Waals surface area contributed by atoms with E-state index in [2.05, 4.69) is 0 Å². The van der Waals surface area contributed by atoms with Crippen molar-refractivity contribution in [3.05, 3.63) is 59.7 Å². The van der Waals surface area contributed by atoms with Crippen molar-refractivity contribution in [1.29, 1.82) is 0 Å². The molecule has 0 aliphatic rings. The standard InChI is InChI=1S/C17H20N2O2/c1-12(13-7-5-4-6-8-13)19(2)17(20)14-9-10-16(21-3)15(18)11-14/h4-12H,18H2,1-3H3. The quantitative estimate of drug-likeness (QED) is 0.878. The minimum atomic E-state index is -0.0688. The lowest BCUT2D eigenvalue weighted by atomic mass is 10.1. The maximum absolute atomic E-state index is 12.5. The molecule has 2 N–H and O–H groups in total. The van der Waals surface area contributed by atoms with Gasteiger partial charge in [-0.2, -0.15) is 0 Å².